The zero-order chi connectivity index (χ0) is 21.3. The van der Waals surface area contributed by atoms with Gasteiger partial charge in [0, 0.05) is 13.1 Å². The largest absolute Gasteiger partial charge is 0.476 e. The molecule has 0 spiro atoms. The second-order valence-electron chi connectivity index (χ2n) is 8.33. The van der Waals surface area contributed by atoms with Crippen LogP contribution in [0.15, 0.2) is 48.5 Å². The van der Waals surface area contributed by atoms with E-state index in [0.29, 0.717) is 30.4 Å². The summed E-state index contributed by atoms with van der Waals surface area (Å²) in [6.07, 6.45) is 3.26. The van der Waals surface area contributed by atoms with Crippen molar-refractivity contribution in [2.24, 2.45) is 5.92 Å². The molecule has 1 amide bonds. The smallest absolute Gasteiger partial charge is 0.265 e. The molecule has 30 heavy (non-hydrogen) atoms. The number of sulfonamides is 1. The van der Waals surface area contributed by atoms with E-state index in [-0.39, 0.29) is 12.5 Å². The minimum Gasteiger partial charge on any atom is -0.476 e. The van der Waals surface area contributed by atoms with Gasteiger partial charge in [0.15, 0.2) is 6.10 Å². The van der Waals surface area contributed by atoms with E-state index >= 15 is 0 Å². The van der Waals surface area contributed by atoms with Crippen LogP contribution >= 0.6 is 0 Å². The first-order chi connectivity index (χ1) is 14.3. The number of ether oxygens (including phenoxy) is 1. The van der Waals surface area contributed by atoms with Crippen LogP contribution in [0.1, 0.15) is 24.0 Å². The van der Waals surface area contributed by atoms with Crippen LogP contribution in [0.3, 0.4) is 0 Å². The number of fused-ring (bicyclic) bond motifs is 1. The molecule has 0 aromatic heterocycles. The quantitative estimate of drug-likeness (QED) is 0.751. The van der Waals surface area contributed by atoms with E-state index < -0.39 is 16.1 Å². The van der Waals surface area contributed by atoms with Gasteiger partial charge < -0.3 is 9.64 Å². The number of carbonyl (C=O) groups excluding carboxylic acids is 1. The normalized spacial score (nSPS) is 19.9. The molecule has 1 atom stereocenters. The second kappa shape index (κ2) is 8.30. The third-order valence-corrected chi connectivity index (χ3v) is 7.10. The lowest BCUT2D eigenvalue weighted by molar-refractivity contribution is -0.139. The number of amides is 1. The van der Waals surface area contributed by atoms with Crippen molar-refractivity contribution in [3.05, 3.63) is 59.7 Å². The summed E-state index contributed by atoms with van der Waals surface area (Å²) in [6, 6.07) is 15.8. The number of piperidine rings is 1. The van der Waals surface area contributed by atoms with Gasteiger partial charge in [0.25, 0.3) is 5.91 Å². The van der Waals surface area contributed by atoms with Crippen molar-refractivity contribution in [3.8, 4) is 5.75 Å². The van der Waals surface area contributed by atoms with Gasteiger partial charge in [-0.2, -0.15) is 0 Å². The molecule has 7 heteroatoms. The van der Waals surface area contributed by atoms with Crippen LogP contribution < -0.4 is 9.04 Å². The molecular formula is C23H28N2O4S. The van der Waals surface area contributed by atoms with E-state index in [0.717, 1.165) is 24.8 Å². The molecule has 0 radical (unpaired) electrons. The van der Waals surface area contributed by atoms with Crippen LogP contribution in [0.2, 0.25) is 0 Å². The van der Waals surface area contributed by atoms with Crippen molar-refractivity contribution in [1.29, 1.82) is 0 Å². The SMILES string of the molecule is Cc1ccc2c(c1)N(S(C)(=O)=O)C[C@@H](C(=O)N1CCC(Cc3ccccc3)CC1)O2. The molecule has 0 unspecified atom stereocenters. The van der Waals surface area contributed by atoms with Crippen LogP contribution in [-0.4, -0.2) is 51.2 Å². The number of aryl methyl sites for hydroxylation is 1. The highest BCUT2D eigenvalue weighted by Crippen LogP contribution is 2.36. The second-order valence-corrected chi connectivity index (χ2v) is 10.2. The van der Waals surface area contributed by atoms with Crippen LogP contribution in [0, 0.1) is 12.8 Å². The van der Waals surface area contributed by atoms with Crippen molar-refractivity contribution < 1.29 is 17.9 Å². The average Bonchev–Trinajstić information content (AvgIpc) is 2.73. The maximum Gasteiger partial charge on any atom is 0.265 e. The molecule has 0 saturated carbocycles. The third kappa shape index (κ3) is 4.46. The highest BCUT2D eigenvalue weighted by molar-refractivity contribution is 7.92. The summed E-state index contributed by atoms with van der Waals surface area (Å²) in [5.74, 6) is 0.863. The molecular weight excluding hydrogens is 400 g/mol. The topological polar surface area (TPSA) is 66.9 Å². The van der Waals surface area contributed by atoms with Crippen LogP contribution in [0.5, 0.6) is 5.75 Å². The van der Waals surface area contributed by atoms with Crippen molar-refractivity contribution >= 4 is 21.6 Å². The molecule has 1 saturated heterocycles. The highest BCUT2D eigenvalue weighted by atomic mass is 32.2. The van der Waals surface area contributed by atoms with E-state index in [1.54, 1.807) is 12.1 Å². The van der Waals surface area contributed by atoms with Gasteiger partial charge in [-0.15, -0.1) is 0 Å². The summed E-state index contributed by atoms with van der Waals surface area (Å²) in [6.45, 7) is 3.27. The maximum absolute atomic E-state index is 13.1. The van der Waals surface area contributed by atoms with Gasteiger partial charge in [-0.3, -0.25) is 9.10 Å². The minimum absolute atomic E-state index is 0.0120. The zero-order valence-electron chi connectivity index (χ0n) is 17.5. The Kier molecular flexibility index (Phi) is 5.73. The first-order valence-electron chi connectivity index (χ1n) is 10.4. The lowest BCUT2D eigenvalue weighted by Gasteiger charge is -2.38. The van der Waals surface area contributed by atoms with Crippen molar-refractivity contribution in [2.45, 2.75) is 32.3 Å². The van der Waals surface area contributed by atoms with Gasteiger partial charge in [-0.1, -0.05) is 36.4 Å². The molecule has 0 bridgehead atoms. The summed E-state index contributed by atoms with van der Waals surface area (Å²) in [7, 11) is -3.51. The van der Waals surface area contributed by atoms with Gasteiger partial charge in [0.05, 0.1) is 18.5 Å². The van der Waals surface area contributed by atoms with Gasteiger partial charge >= 0.3 is 0 Å². The molecule has 6 nitrogen and oxygen atoms in total. The van der Waals surface area contributed by atoms with E-state index in [4.69, 9.17) is 4.74 Å². The molecule has 0 N–H and O–H groups in total. The van der Waals surface area contributed by atoms with Gasteiger partial charge in [-0.05, 0) is 55.4 Å². The van der Waals surface area contributed by atoms with E-state index in [2.05, 4.69) is 24.3 Å². The van der Waals surface area contributed by atoms with Crippen LogP contribution in [-0.2, 0) is 21.2 Å². The molecule has 2 aliphatic rings. The fraction of sp³-hybridized carbons (Fsp3) is 0.435. The number of likely N-dealkylation sites (tertiary alicyclic amines) is 1. The Morgan fingerprint density at radius 1 is 1.10 bits per heavy atom. The minimum atomic E-state index is -3.51. The van der Waals surface area contributed by atoms with Crippen LogP contribution in [0.4, 0.5) is 5.69 Å². The Labute approximate surface area is 178 Å². The monoisotopic (exact) mass is 428 g/mol. The molecule has 2 heterocycles. The number of hydrogen-bond donors (Lipinski definition) is 0. The first kappa shape index (κ1) is 20.7. The van der Waals surface area contributed by atoms with Gasteiger partial charge in [0.1, 0.15) is 5.75 Å². The maximum atomic E-state index is 13.1. The highest BCUT2D eigenvalue weighted by Gasteiger charge is 2.38. The number of benzene rings is 2. The van der Waals surface area contributed by atoms with E-state index in [1.807, 2.05) is 24.0 Å². The molecule has 2 aliphatic heterocycles. The Bertz CT molecular complexity index is 1010. The van der Waals surface area contributed by atoms with Gasteiger partial charge in [-0.25, -0.2) is 8.42 Å². The Balaban J connectivity index is 1.43. The summed E-state index contributed by atoms with van der Waals surface area (Å²) in [5.41, 5.74) is 2.77. The van der Waals surface area contributed by atoms with Crippen molar-refractivity contribution in [2.75, 3.05) is 30.2 Å². The molecule has 2 aromatic rings. The number of nitrogens with zero attached hydrogens (tertiary/aromatic N) is 2. The number of hydrogen-bond acceptors (Lipinski definition) is 4. The molecule has 2 aromatic carbocycles. The fourth-order valence-corrected chi connectivity index (χ4v) is 5.22. The standard InChI is InChI=1S/C23H28N2O4S/c1-17-8-9-21-20(14-17)25(30(2,27)28)16-22(29-21)23(26)24-12-10-19(11-13-24)15-18-6-4-3-5-7-18/h3-9,14,19,22H,10-13,15-16H2,1-2H3/t22-/m0/s1. The third-order valence-electron chi connectivity index (χ3n) is 5.95. The van der Waals surface area contributed by atoms with E-state index in [9.17, 15) is 13.2 Å². The van der Waals surface area contributed by atoms with Gasteiger partial charge in [0.2, 0.25) is 10.0 Å². The summed E-state index contributed by atoms with van der Waals surface area (Å²) in [5, 5.41) is 0. The van der Waals surface area contributed by atoms with E-state index in [1.165, 1.54) is 16.1 Å². The van der Waals surface area contributed by atoms with Crippen LogP contribution in [0.25, 0.3) is 0 Å². The Morgan fingerprint density at radius 2 is 1.80 bits per heavy atom. The predicted molar refractivity (Wildman–Crippen MR) is 117 cm³/mol. The fourth-order valence-electron chi connectivity index (χ4n) is 4.31. The zero-order valence-corrected chi connectivity index (χ0v) is 18.3. The lowest BCUT2D eigenvalue weighted by atomic mass is 9.90. The summed E-state index contributed by atoms with van der Waals surface area (Å²) < 4.78 is 32.0. The number of anilines is 1. The van der Waals surface area contributed by atoms with Crippen molar-refractivity contribution in [3.63, 3.8) is 0 Å². The molecule has 1 fully saturated rings. The lowest BCUT2D eigenvalue weighted by Crippen LogP contribution is -2.53. The summed E-state index contributed by atoms with van der Waals surface area (Å²) >= 11 is 0. The Hall–Kier alpha value is -2.54. The molecule has 4 rings (SSSR count). The predicted octanol–water partition coefficient (Wildman–Crippen LogP) is 3.00. The average molecular weight is 429 g/mol. The molecule has 160 valence electrons. The van der Waals surface area contributed by atoms with Crippen molar-refractivity contribution in [1.82, 2.24) is 4.90 Å². The Morgan fingerprint density at radius 3 is 2.47 bits per heavy atom. The number of carbonyl (C=O) groups is 1. The first-order valence-corrected chi connectivity index (χ1v) is 12.2. The molecule has 0 aliphatic carbocycles. The summed E-state index contributed by atoms with van der Waals surface area (Å²) in [4.78, 5) is 15.0. The number of rotatable bonds is 4.